The van der Waals surface area contributed by atoms with Gasteiger partial charge in [0.05, 0.1) is 25.2 Å². The minimum absolute atomic E-state index is 0.0503. The number of halogens is 1. The van der Waals surface area contributed by atoms with Crippen molar-refractivity contribution in [2.24, 2.45) is 5.92 Å². The minimum Gasteiger partial charge on any atom is -0.490 e. The van der Waals surface area contributed by atoms with Crippen LogP contribution in [0.5, 0.6) is 5.75 Å². The molecule has 2 amide bonds. The van der Waals surface area contributed by atoms with E-state index in [1.165, 1.54) is 4.90 Å². The molecule has 0 bridgehead atoms. The van der Waals surface area contributed by atoms with Crippen molar-refractivity contribution in [3.8, 4) is 5.75 Å². The number of thiocarbonyl (C=S) groups is 1. The third-order valence-corrected chi connectivity index (χ3v) is 5.31. The Bertz CT molecular complexity index is 851. The molecule has 1 saturated heterocycles. The quantitative estimate of drug-likeness (QED) is 0.283. The van der Waals surface area contributed by atoms with Gasteiger partial charge in [0, 0.05) is 24.7 Å². The van der Waals surface area contributed by atoms with Crippen LogP contribution >= 0.6 is 28.1 Å². The van der Waals surface area contributed by atoms with Gasteiger partial charge in [0.1, 0.15) is 18.4 Å². The highest BCUT2D eigenvalue weighted by Gasteiger charge is 2.34. The molecule has 32 heavy (non-hydrogen) atoms. The molecule has 1 aliphatic rings. The van der Waals surface area contributed by atoms with Gasteiger partial charge in [0.15, 0.2) is 5.11 Å². The third kappa shape index (κ3) is 7.72. The van der Waals surface area contributed by atoms with Crippen LogP contribution in [0, 0.1) is 5.92 Å². The Morgan fingerprint density at radius 1 is 1.34 bits per heavy atom. The first-order chi connectivity index (χ1) is 15.2. The second kappa shape index (κ2) is 12.7. The fourth-order valence-corrected chi connectivity index (χ4v) is 3.59. The predicted molar refractivity (Wildman–Crippen MR) is 125 cm³/mol. The number of amides is 2. The number of esters is 1. The second-order valence-corrected chi connectivity index (χ2v) is 8.82. The summed E-state index contributed by atoms with van der Waals surface area (Å²) in [5.74, 6) is -0.784. The molecule has 1 aliphatic heterocycles. The Kier molecular flexibility index (Phi) is 10.3. The van der Waals surface area contributed by atoms with Crippen LogP contribution in [0.15, 0.2) is 22.7 Å². The summed E-state index contributed by atoms with van der Waals surface area (Å²) in [5.41, 5.74) is 0.271. The molecule has 2 N–H and O–H groups in total. The van der Waals surface area contributed by atoms with Gasteiger partial charge in [-0.3, -0.25) is 19.7 Å². The minimum atomic E-state index is -0.865. The van der Waals surface area contributed by atoms with E-state index in [-0.39, 0.29) is 42.1 Å². The number of piperazine rings is 1. The van der Waals surface area contributed by atoms with Crippen molar-refractivity contribution in [3.63, 3.8) is 0 Å². The lowest BCUT2D eigenvalue weighted by Gasteiger charge is -2.36. The van der Waals surface area contributed by atoms with Crippen molar-refractivity contribution in [1.29, 1.82) is 0 Å². The van der Waals surface area contributed by atoms with Gasteiger partial charge in [-0.15, -0.1) is 0 Å². The van der Waals surface area contributed by atoms with Crippen LogP contribution in [-0.2, 0) is 19.1 Å². The maximum atomic E-state index is 12.9. The van der Waals surface area contributed by atoms with Crippen LogP contribution in [0.3, 0.4) is 0 Å². The van der Waals surface area contributed by atoms with Gasteiger partial charge in [0.25, 0.3) is 5.91 Å². The Hall–Kier alpha value is -2.24. The van der Waals surface area contributed by atoms with E-state index >= 15 is 0 Å². The summed E-state index contributed by atoms with van der Waals surface area (Å²) in [6, 6.07) is 4.17. The summed E-state index contributed by atoms with van der Waals surface area (Å²) in [6.07, 6.45) is -0.170. The summed E-state index contributed by atoms with van der Waals surface area (Å²) in [5, 5.41) is 5.42. The van der Waals surface area contributed by atoms with Crippen LogP contribution in [0.4, 0.5) is 0 Å². The van der Waals surface area contributed by atoms with E-state index in [0.29, 0.717) is 29.9 Å². The fourth-order valence-electron chi connectivity index (χ4n) is 2.91. The Labute approximate surface area is 201 Å². The average molecular weight is 530 g/mol. The lowest BCUT2D eigenvalue weighted by molar-refractivity contribution is -0.148. The largest absolute Gasteiger partial charge is 0.490 e. The van der Waals surface area contributed by atoms with Crippen molar-refractivity contribution in [3.05, 3.63) is 28.2 Å². The van der Waals surface area contributed by atoms with E-state index in [1.54, 1.807) is 25.3 Å². The average Bonchev–Trinajstić information content (AvgIpc) is 2.74. The number of hydrogen-bond acceptors (Lipinski definition) is 7. The summed E-state index contributed by atoms with van der Waals surface area (Å²) in [7, 11) is 1.56. The predicted octanol–water partition coefficient (Wildman–Crippen LogP) is 1.88. The first-order valence-corrected chi connectivity index (χ1v) is 11.4. The number of rotatable bonds is 9. The number of ether oxygens (including phenoxy) is 3. The van der Waals surface area contributed by atoms with Gasteiger partial charge in [0.2, 0.25) is 5.91 Å². The van der Waals surface area contributed by atoms with Crippen LogP contribution < -0.4 is 15.4 Å². The number of hydrogen-bond donors (Lipinski definition) is 2. The zero-order chi connectivity index (χ0) is 23.7. The van der Waals surface area contributed by atoms with Crippen LogP contribution in [-0.4, -0.2) is 73.9 Å². The van der Waals surface area contributed by atoms with Crippen molar-refractivity contribution in [1.82, 2.24) is 15.5 Å². The van der Waals surface area contributed by atoms with E-state index < -0.39 is 17.9 Å². The lowest BCUT2D eigenvalue weighted by Crippen LogP contribution is -2.60. The van der Waals surface area contributed by atoms with Crippen molar-refractivity contribution in [2.75, 3.05) is 40.0 Å². The number of nitrogens with zero attached hydrogens (tertiary/aromatic N) is 1. The number of carbonyl (C=O) groups is 3. The zero-order valence-corrected chi connectivity index (χ0v) is 20.7. The SMILES string of the molecule is COCCOc1ccc(Br)cc1C(=O)NC(=S)N1CCNC(=O)C1CC(=O)OCC(C)C. The molecule has 0 spiro atoms. The van der Waals surface area contributed by atoms with Crippen molar-refractivity contribution in [2.45, 2.75) is 26.3 Å². The van der Waals surface area contributed by atoms with Gasteiger partial charge >= 0.3 is 5.97 Å². The highest BCUT2D eigenvalue weighted by atomic mass is 79.9. The molecule has 0 saturated carbocycles. The highest BCUT2D eigenvalue weighted by molar-refractivity contribution is 9.10. The van der Waals surface area contributed by atoms with Crippen LogP contribution in [0.2, 0.25) is 0 Å². The van der Waals surface area contributed by atoms with E-state index in [1.807, 2.05) is 13.8 Å². The molecule has 0 aliphatic carbocycles. The van der Waals surface area contributed by atoms with Gasteiger partial charge in [-0.25, -0.2) is 0 Å². The molecule has 11 heteroatoms. The summed E-state index contributed by atoms with van der Waals surface area (Å²) < 4.78 is 16.5. The first kappa shape index (κ1) is 26.0. The maximum Gasteiger partial charge on any atom is 0.308 e. The molecule has 2 rings (SSSR count). The fraction of sp³-hybridized carbons (Fsp3) is 0.524. The number of carbonyl (C=O) groups excluding carboxylic acids is 3. The summed E-state index contributed by atoms with van der Waals surface area (Å²) in [4.78, 5) is 39.1. The van der Waals surface area contributed by atoms with Crippen LogP contribution in [0.25, 0.3) is 0 Å². The van der Waals surface area contributed by atoms with E-state index in [0.717, 1.165) is 0 Å². The molecular formula is C21H28BrN3O6S. The number of benzene rings is 1. The smallest absolute Gasteiger partial charge is 0.308 e. The molecule has 0 radical (unpaired) electrons. The molecule has 1 heterocycles. The molecule has 176 valence electrons. The van der Waals surface area contributed by atoms with Gasteiger partial charge < -0.3 is 24.4 Å². The Morgan fingerprint density at radius 3 is 2.78 bits per heavy atom. The van der Waals surface area contributed by atoms with Gasteiger partial charge in [-0.05, 0) is 36.3 Å². The topological polar surface area (TPSA) is 106 Å². The standard InChI is InChI=1S/C21H28BrN3O6S/c1-13(2)12-31-18(26)11-16-20(28)23-6-7-25(16)21(32)24-19(27)15-10-14(22)4-5-17(15)30-9-8-29-3/h4-5,10,13,16H,6-9,11-12H2,1-3H3,(H,23,28)(H,24,27,32). The molecule has 1 unspecified atom stereocenters. The lowest BCUT2D eigenvalue weighted by atomic mass is 10.1. The van der Waals surface area contributed by atoms with Gasteiger partial charge in [-0.1, -0.05) is 29.8 Å². The molecular weight excluding hydrogens is 502 g/mol. The molecule has 1 aromatic carbocycles. The highest BCUT2D eigenvalue weighted by Crippen LogP contribution is 2.23. The zero-order valence-electron chi connectivity index (χ0n) is 18.3. The molecule has 1 atom stereocenters. The number of methoxy groups -OCH3 is 1. The van der Waals surface area contributed by atoms with Crippen molar-refractivity contribution >= 4 is 51.0 Å². The summed E-state index contributed by atoms with van der Waals surface area (Å²) in [6.45, 7) is 5.45. The molecule has 1 fully saturated rings. The van der Waals surface area contributed by atoms with Crippen LogP contribution in [0.1, 0.15) is 30.6 Å². The third-order valence-electron chi connectivity index (χ3n) is 4.48. The normalized spacial score (nSPS) is 15.8. The first-order valence-electron chi connectivity index (χ1n) is 10.2. The molecule has 1 aromatic rings. The number of nitrogens with one attached hydrogen (secondary N) is 2. The van der Waals surface area contributed by atoms with E-state index in [9.17, 15) is 14.4 Å². The van der Waals surface area contributed by atoms with E-state index in [2.05, 4.69) is 26.6 Å². The molecule has 9 nitrogen and oxygen atoms in total. The van der Waals surface area contributed by atoms with E-state index in [4.69, 9.17) is 26.4 Å². The van der Waals surface area contributed by atoms with Crippen molar-refractivity contribution < 1.29 is 28.6 Å². The maximum absolute atomic E-state index is 12.9. The Balaban J connectivity index is 2.10. The summed E-state index contributed by atoms with van der Waals surface area (Å²) >= 11 is 8.76. The monoisotopic (exact) mass is 529 g/mol. The second-order valence-electron chi connectivity index (χ2n) is 7.52. The molecule has 0 aromatic heterocycles. The Morgan fingerprint density at radius 2 is 2.09 bits per heavy atom. The van der Waals surface area contributed by atoms with Gasteiger partial charge in [-0.2, -0.15) is 0 Å².